The van der Waals surface area contributed by atoms with Crippen LogP contribution < -0.4 is 5.73 Å². The van der Waals surface area contributed by atoms with Gasteiger partial charge >= 0.3 is 0 Å². The SMILES string of the molecule is CC(C)C1(N)CC1(F)F. The third-order valence-corrected chi connectivity index (χ3v) is 2.10. The highest BCUT2D eigenvalue weighted by Crippen LogP contribution is 2.54. The van der Waals surface area contributed by atoms with Crippen LogP contribution in [0.5, 0.6) is 0 Å². The van der Waals surface area contributed by atoms with Crippen LogP contribution in [0.15, 0.2) is 0 Å². The number of hydrogen-bond acceptors (Lipinski definition) is 1. The first-order chi connectivity index (χ1) is 3.90. The van der Waals surface area contributed by atoms with Crippen molar-refractivity contribution in [3.05, 3.63) is 0 Å². The zero-order valence-corrected chi connectivity index (χ0v) is 5.62. The molecular weight excluding hydrogens is 124 g/mol. The Kier molecular flexibility index (Phi) is 1.12. The summed E-state index contributed by atoms with van der Waals surface area (Å²) in [5.74, 6) is -2.71. The van der Waals surface area contributed by atoms with Crippen molar-refractivity contribution in [2.75, 3.05) is 0 Å². The van der Waals surface area contributed by atoms with E-state index in [1.807, 2.05) is 0 Å². The van der Waals surface area contributed by atoms with E-state index in [1.165, 1.54) is 0 Å². The van der Waals surface area contributed by atoms with Gasteiger partial charge in [0.25, 0.3) is 5.92 Å². The predicted molar refractivity (Wildman–Crippen MR) is 31.3 cm³/mol. The zero-order chi connectivity index (χ0) is 7.28. The average Bonchev–Trinajstić information content (AvgIpc) is 2.08. The minimum Gasteiger partial charge on any atom is -0.320 e. The van der Waals surface area contributed by atoms with Crippen molar-refractivity contribution < 1.29 is 8.78 Å². The second-order valence-corrected chi connectivity index (χ2v) is 3.08. The van der Waals surface area contributed by atoms with Gasteiger partial charge < -0.3 is 5.73 Å². The first kappa shape index (κ1) is 6.93. The van der Waals surface area contributed by atoms with Gasteiger partial charge in [0.05, 0.1) is 5.54 Å². The molecule has 1 atom stereocenters. The number of alkyl halides is 2. The molecule has 0 radical (unpaired) electrons. The molecule has 3 heteroatoms. The van der Waals surface area contributed by atoms with E-state index >= 15 is 0 Å². The average molecular weight is 135 g/mol. The Morgan fingerprint density at radius 1 is 1.44 bits per heavy atom. The van der Waals surface area contributed by atoms with Gasteiger partial charge in [-0.1, -0.05) is 13.8 Å². The molecular formula is C6H11F2N. The zero-order valence-electron chi connectivity index (χ0n) is 5.62. The molecule has 1 saturated carbocycles. The van der Waals surface area contributed by atoms with E-state index in [2.05, 4.69) is 0 Å². The van der Waals surface area contributed by atoms with Gasteiger partial charge in [0.2, 0.25) is 0 Å². The van der Waals surface area contributed by atoms with E-state index < -0.39 is 11.5 Å². The van der Waals surface area contributed by atoms with Gasteiger partial charge in [-0.25, -0.2) is 8.78 Å². The Morgan fingerprint density at radius 2 is 1.78 bits per heavy atom. The molecule has 0 aromatic carbocycles. The quantitative estimate of drug-likeness (QED) is 0.577. The second-order valence-electron chi connectivity index (χ2n) is 3.08. The fraction of sp³-hybridized carbons (Fsp3) is 1.00. The summed E-state index contributed by atoms with van der Waals surface area (Å²) in [5.41, 5.74) is 4.13. The van der Waals surface area contributed by atoms with Crippen LogP contribution in [0.25, 0.3) is 0 Å². The van der Waals surface area contributed by atoms with Gasteiger partial charge in [0, 0.05) is 6.42 Å². The fourth-order valence-electron chi connectivity index (χ4n) is 0.950. The molecule has 0 aromatic rings. The second kappa shape index (κ2) is 1.45. The molecule has 9 heavy (non-hydrogen) atoms. The first-order valence-corrected chi connectivity index (χ1v) is 3.07. The maximum atomic E-state index is 12.3. The third kappa shape index (κ3) is 0.748. The molecule has 0 amide bonds. The molecule has 0 aromatic heterocycles. The smallest absolute Gasteiger partial charge is 0.268 e. The molecule has 0 aliphatic heterocycles. The number of rotatable bonds is 1. The molecule has 0 spiro atoms. The molecule has 1 fully saturated rings. The van der Waals surface area contributed by atoms with Crippen molar-refractivity contribution >= 4 is 0 Å². The lowest BCUT2D eigenvalue weighted by Crippen LogP contribution is -2.35. The molecule has 2 N–H and O–H groups in total. The Bertz CT molecular complexity index is 133. The third-order valence-electron chi connectivity index (χ3n) is 2.10. The van der Waals surface area contributed by atoms with E-state index in [1.54, 1.807) is 13.8 Å². The lowest BCUT2D eigenvalue weighted by molar-refractivity contribution is 0.0772. The van der Waals surface area contributed by atoms with Crippen molar-refractivity contribution in [1.29, 1.82) is 0 Å². The van der Waals surface area contributed by atoms with Crippen LogP contribution in [0.1, 0.15) is 20.3 Å². The van der Waals surface area contributed by atoms with E-state index in [9.17, 15) is 8.78 Å². The lowest BCUT2D eigenvalue weighted by Gasteiger charge is -2.13. The topological polar surface area (TPSA) is 26.0 Å². The molecule has 1 aliphatic rings. The predicted octanol–water partition coefficient (Wildman–Crippen LogP) is 1.38. The minimum atomic E-state index is -2.60. The molecule has 0 saturated heterocycles. The van der Waals surface area contributed by atoms with Crippen LogP contribution in [0, 0.1) is 5.92 Å². The molecule has 1 unspecified atom stereocenters. The van der Waals surface area contributed by atoms with Crippen molar-refractivity contribution in [2.45, 2.75) is 31.7 Å². The van der Waals surface area contributed by atoms with Crippen molar-refractivity contribution in [3.8, 4) is 0 Å². The van der Waals surface area contributed by atoms with Gasteiger partial charge in [-0.2, -0.15) is 0 Å². The Hall–Kier alpha value is -0.180. The van der Waals surface area contributed by atoms with Crippen LogP contribution in [0.4, 0.5) is 8.78 Å². The summed E-state index contributed by atoms with van der Waals surface area (Å²) in [7, 11) is 0. The summed E-state index contributed by atoms with van der Waals surface area (Å²) in [4.78, 5) is 0. The first-order valence-electron chi connectivity index (χ1n) is 3.07. The molecule has 0 heterocycles. The van der Waals surface area contributed by atoms with Gasteiger partial charge in [-0.15, -0.1) is 0 Å². The van der Waals surface area contributed by atoms with Gasteiger partial charge in [-0.05, 0) is 5.92 Å². The number of hydrogen-bond donors (Lipinski definition) is 1. The Morgan fingerprint density at radius 3 is 1.78 bits per heavy atom. The van der Waals surface area contributed by atoms with Crippen LogP contribution in [-0.2, 0) is 0 Å². The van der Waals surface area contributed by atoms with E-state index in [-0.39, 0.29) is 12.3 Å². The lowest BCUT2D eigenvalue weighted by atomic mass is 10.0. The summed E-state index contributed by atoms with van der Waals surface area (Å²) in [6.07, 6.45) is -0.141. The highest BCUT2D eigenvalue weighted by molar-refractivity contribution is 5.17. The summed E-state index contributed by atoms with van der Waals surface area (Å²) in [6.45, 7) is 3.45. The van der Waals surface area contributed by atoms with Crippen LogP contribution in [0.2, 0.25) is 0 Å². The molecule has 1 rings (SSSR count). The Balaban J connectivity index is 2.63. The molecule has 1 aliphatic carbocycles. The summed E-state index contributed by atoms with van der Waals surface area (Å²) < 4.78 is 24.6. The minimum absolute atomic E-state index is 0.118. The summed E-state index contributed by atoms with van der Waals surface area (Å²) in [5, 5.41) is 0. The van der Waals surface area contributed by atoms with Crippen molar-refractivity contribution in [2.24, 2.45) is 11.7 Å². The highest BCUT2D eigenvalue weighted by Gasteiger charge is 2.70. The Labute approximate surface area is 53.2 Å². The van der Waals surface area contributed by atoms with Crippen LogP contribution >= 0.6 is 0 Å². The largest absolute Gasteiger partial charge is 0.320 e. The summed E-state index contributed by atoms with van der Waals surface area (Å²) >= 11 is 0. The monoisotopic (exact) mass is 135 g/mol. The fourth-order valence-corrected chi connectivity index (χ4v) is 0.950. The van der Waals surface area contributed by atoms with E-state index in [0.717, 1.165) is 0 Å². The van der Waals surface area contributed by atoms with Crippen molar-refractivity contribution in [1.82, 2.24) is 0 Å². The molecule has 54 valence electrons. The number of nitrogens with two attached hydrogens (primary N) is 1. The standard InChI is InChI=1S/C6H11F2N/c1-4(2)5(9)3-6(5,7)8/h4H,3,9H2,1-2H3. The maximum Gasteiger partial charge on any atom is 0.268 e. The van der Waals surface area contributed by atoms with Gasteiger partial charge in [0.1, 0.15) is 0 Å². The highest BCUT2D eigenvalue weighted by atomic mass is 19.3. The van der Waals surface area contributed by atoms with Crippen LogP contribution in [-0.4, -0.2) is 11.5 Å². The van der Waals surface area contributed by atoms with Crippen molar-refractivity contribution in [3.63, 3.8) is 0 Å². The van der Waals surface area contributed by atoms with E-state index in [0.29, 0.717) is 0 Å². The van der Waals surface area contributed by atoms with Crippen LogP contribution in [0.3, 0.4) is 0 Å². The molecule has 1 nitrogen and oxygen atoms in total. The van der Waals surface area contributed by atoms with Gasteiger partial charge in [-0.3, -0.25) is 0 Å². The number of halogens is 2. The molecule has 0 bridgehead atoms. The maximum absolute atomic E-state index is 12.3. The van der Waals surface area contributed by atoms with E-state index in [4.69, 9.17) is 5.73 Å². The van der Waals surface area contributed by atoms with Gasteiger partial charge in [0.15, 0.2) is 0 Å². The summed E-state index contributed by atoms with van der Waals surface area (Å²) in [6, 6.07) is 0. The normalized spacial score (nSPS) is 39.3.